The Hall–Kier alpha value is -1.16. The maximum Gasteiger partial charge on any atom is 0.115 e. The van der Waals surface area contributed by atoms with Gasteiger partial charge in [-0.1, -0.05) is 19.3 Å². The van der Waals surface area contributed by atoms with Crippen molar-refractivity contribution in [3.63, 3.8) is 0 Å². The zero-order valence-electron chi connectivity index (χ0n) is 8.76. The Bertz CT molecular complexity index is 225. The predicted octanol–water partition coefficient (Wildman–Crippen LogP) is 3.29. The van der Waals surface area contributed by atoms with Gasteiger partial charge in [-0.25, -0.2) is 0 Å². The van der Waals surface area contributed by atoms with Gasteiger partial charge in [-0.3, -0.25) is 0 Å². The van der Waals surface area contributed by atoms with E-state index >= 15 is 0 Å². The maximum atomic E-state index is 5.15. The third-order valence-corrected chi connectivity index (χ3v) is 1.61. The van der Waals surface area contributed by atoms with E-state index in [0.717, 1.165) is 12.2 Å². The predicted molar refractivity (Wildman–Crippen MR) is 57.2 cm³/mol. The van der Waals surface area contributed by atoms with Gasteiger partial charge in [0, 0.05) is 0 Å². The minimum Gasteiger partial charge on any atom is -0.497 e. The van der Waals surface area contributed by atoms with Crippen molar-refractivity contribution in [2.45, 2.75) is 33.1 Å². The summed E-state index contributed by atoms with van der Waals surface area (Å²) in [6.07, 6.45) is 9.29. The van der Waals surface area contributed by atoms with Crippen LogP contribution in [0.4, 0.5) is 0 Å². The minimum absolute atomic E-state index is 0.899. The molecule has 0 rings (SSSR count). The highest BCUT2D eigenvalue weighted by molar-refractivity contribution is 5.22. The van der Waals surface area contributed by atoms with Crippen molar-refractivity contribution in [3.8, 4) is 11.8 Å². The topological polar surface area (TPSA) is 9.23 Å². The van der Waals surface area contributed by atoms with Crippen molar-refractivity contribution in [2.75, 3.05) is 7.11 Å². The van der Waals surface area contributed by atoms with Crippen molar-refractivity contribution in [2.24, 2.45) is 0 Å². The van der Waals surface area contributed by atoms with Crippen LogP contribution in [-0.2, 0) is 4.74 Å². The summed E-state index contributed by atoms with van der Waals surface area (Å²) in [5.41, 5.74) is 0. The Kier molecular flexibility index (Phi) is 8.14. The summed E-state index contributed by atoms with van der Waals surface area (Å²) in [4.78, 5) is 0. The highest BCUT2D eigenvalue weighted by atomic mass is 16.5. The lowest BCUT2D eigenvalue weighted by Crippen LogP contribution is -1.81. The van der Waals surface area contributed by atoms with Gasteiger partial charge in [-0.2, -0.15) is 0 Å². The van der Waals surface area contributed by atoms with Crippen LogP contribution in [0.15, 0.2) is 24.0 Å². The minimum atomic E-state index is 0.899. The molecule has 0 fully saturated rings. The van der Waals surface area contributed by atoms with E-state index in [1.54, 1.807) is 13.2 Å². The summed E-state index contributed by atoms with van der Waals surface area (Å²) in [7, 11) is 1.68. The summed E-state index contributed by atoms with van der Waals surface area (Å²) in [6.45, 7) is 4.00. The van der Waals surface area contributed by atoms with Gasteiger partial charge in [0.25, 0.3) is 0 Å². The second-order valence-electron chi connectivity index (χ2n) is 2.68. The van der Waals surface area contributed by atoms with Gasteiger partial charge in [0.05, 0.1) is 7.11 Å². The summed E-state index contributed by atoms with van der Waals surface area (Å²) < 4.78 is 5.15. The fraction of sp³-hybridized carbons (Fsp3) is 0.500. The van der Waals surface area contributed by atoms with Crippen LogP contribution in [0.25, 0.3) is 0 Å². The quantitative estimate of drug-likeness (QED) is 0.272. The number of ether oxygens (including phenoxy) is 1. The molecule has 72 valence electrons. The van der Waals surface area contributed by atoms with Gasteiger partial charge in [0.1, 0.15) is 5.76 Å². The number of methoxy groups -OCH3 is 1. The van der Waals surface area contributed by atoms with Crippen molar-refractivity contribution >= 4 is 0 Å². The van der Waals surface area contributed by atoms with E-state index in [1.165, 1.54) is 12.8 Å². The molecule has 0 radical (unpaired) electrons. The number of hydrogen-bond acceptors (Lipinski definition) is 1. The Labute approximate surface area is 81.5 Å². The van der Waals surface area contributed by atoms with E-state index < -0.39 is 0 Å². The smallest absolute Gasteiger partial charge is 0.115 e. The van der Waals surface area contributed by atoms with E-state index in [-0.39, 0.29) is 0 Å². The second-order valence-corrected chi connectivity index (χ2v) is 2.68. The highest BCUT2D eigenvalue weighted by Crippen LogP contribution is 2.03. The zero-order valence-corrected chi connectivity index (χ0v) is 8.76. The summed E-state index contributed by atoms with van der Waals surface area (Å²) in [5.74, 6) is 6.55. The molecule has 0 spiro atoms. The van der Waals surface area contributed by atoms with Crippen LogP contribution >= 0.6 is 0 Å². The first-order chi connectivity index (χ1) is 6.35. The standard InChI is InChI=1S/C12H18O/c1-4-6-8-10-12(13-3)11-9-7-5-2/h9-11H,4,6,8H2,1-3H3/b11-9-,12-10+. The van der Waals surface area contributed by atoms with Crippen LogP contribution in [0.2, 0.25) is 0 Å². The van der Waals surface area contributed by atoms with Crippen molar-refractivity contribution in [1.29, 1.82) is 0 Å². The molecule has 0 unspecified atom stereocenters. The van der Waals surface area contributed by atoms with Gasteiger partial charge < -0.3 is 4.74 Å². The average Bonchev–Trinajstić information content (AvgIpc) is 2.16. The first-order valence-corrected chi connectivity index (χ1v) is 4.68. The number of rotatable bonds is 5. The lowest BCUT2D eigenvalue weighted by Gasteiger charge is -1.98. The van der Waals surface area contributed by atoms with Crippen LogP contribution in [0.1, 0.15) is 33.1 Å². The molecule has 0 aliphatic carbocycles. The molecular weight excluding hydrogens is 160 g/mol. The van der Waals surface area contributed by atoms with Crippen LogP contribution in [0.5, 0.6) is 0 Å². The van der Waals surface area contributed by atoms with E-state index in [9.17, 15) is 0 Å². The molecule has 1 heteroatoms. The largest absolute Gasteiger partial charge is 0.497 e. The van der Waals surface area contributed by atoms with Crippen molar-refractivity contribution in [3.05, 3.63) is 24.0 Å². The molecule has 13 heavy (non-hydrogen) atoms. The molecule has 0 aromatic heterocycles. The fourth-order valence-corrected chi connectivity index (χ4v) is 0.875. The lowest BCUT2D eigenvalue weighted by atomic mass is 10.2. The number of unbranched alkanes of at least 4 members (excludes halogenated alkanes) is 2. The Morgan fingerprint density at radius 3 is 2.77 bits per heavy atom. The van der Waals surface area contributed by atoms with Gasteiger partial charge in [-0.15, -0.1) is 5.92 Å². The van der Waals surface area contributed by atoms with E-state index in [0.29, 0.717) is 0 Å². The Balaban J connectivity index is 3.98. The first kappa shape index (κ1) is 11.8. The van der Waals surface area contributed by atoms with Gasteiger partial charge in [-0.05, 0) is 38.0 Å². The highest BCUT2D eigenvalue weighted by Gasteiger charge is 1.87. The molecule has 1 nitrogen and oxygen atoms in total. The van der Waals surface area contributed by atoms with Crippen molar-refractivity contribution < 1.29 is 4.74 Å². The molecule has 0 aliphatic heterocycles. The fourth-order valence-electron chi connectivity index (χ4n) is 0.875. The molecule has 0 bridgehead atoms. The maximum absolute atomic E-state index is 5.15. The summed E-state index contributed by atoms with van der Waals surface area (Å²) >= 11 is 0. The third-order valence-electron chi connectivity index (χ3n) is 1.61. The molecular formula is C12H18O. The van der Waals surface area contributed by atoms with Crippen LogP contribution < -0.4 is 0 Å². The third kappa shape index (κ3) is 7.21. The van der Waals surface area contributed by atoms with Crippen LogP contribution in [0.3, 0.4) is 0 Å². The van der Waals surface area contributed by atoms with Gasteiger partial charge in [0.2, 0.25) is 0 Å². The second kappa shape index (κ2) is 8.93. The monoisotopic (exact) mass is 178 g/mol. The molecule has 0 aromatic carbocycles. The average molecular weight is 178 g/mol. The number of allylic oxidation sites excluding steroid dienone is 3. The summed E-state index contributed by atoms with van der Waals surface area (Å²) in [6, 6.07) is 0. The van der Waals surface area contributed by atoms with E-state index in [2.05, 4.69) is 24.8 Å². The molecule has 0 heterocycles. The van der Waals surface area contributed by atoms with Crippen LogP contribution in [0, 0.1) is 11.8 Å². The Morgan fingerprint density at radius 1 is 1.46 bits per heavy atom. The molecule has 0 atom stereocenters. The summed E-state index contributed by atoms with van der Waals surface area (Å²) in [5, 5.41) is 0. The molecule has 0 saturated heterocycles. The van der Waals surface area contributed by atoms with Gasteiger partial charge in [0.15, 0.2) is 0 Å². The van der Waals surface area contributed by atoms with Crippen LogP contribution in [-0.4, -0.2) is 7.11 Å². The van der Waals surface area contributed by atoms with Crippen molar-refractivity contribution in [1.82, 2.24) is 0 Å². The lowest BCUT2D eigenvalue weighted by molar-refractivity contribution is 0.305. The normalized spacial score (nSPS) is 11.2. The molecule has 0 amide bonds. The molecule has 0 aliphatic rings. The van der Waals surface area contributed by atoms with Gasteiger partial charge >= 0.3 is 0 Å². The number of hydrogen-bond donors (Lipinski definition) is 0. The first-order valence-electron chi connectivity index (χ1n) is 4.68. The molecule has 0 N–H and O–H groups in total. The van der Waals surface area contributed by atoms with E-state index in [4.69, 9.17) is 4.74 Å². The Morgan fingerprint density at radius 2 is 2.23 bits per heavy atom. The van der Waals surface area contributed by atoms with E-state index in [1.807, 2.05) is 13.0 Å². The molecule has 0 saturated carbocycles. The zero-order chi connectivity index (χ0) is 9.94. The molecule has 0 aromatic rings. The SMILES string of the molecule is CC#C/C=C\C(=C/CCCC)OC.